The summed E-state index contributed by atoms with van der Waals surface area (Å²) in [5.41, 5.74) is 0. The van der Waals surface area contributed by atoms with Gasteiger partial charge in [-0.15, -0.1) is 0 Å². The maximum absolute atomic E-state index is 11.7. The third kappa shape index (κ3) is 5.50. The van der Waals surface area contributed by atoms with Gasteiger partial charge >= 0.3 is 5.97 Å². The Morgan fingerprint density at radius 3 is 2.23 bits per heavy atom. The summed E-state index contributed by atoms with van der Waals surface area (Å²) >= 11 is 0. The van der Waals surface area contributed by atoms with E-state index >= 15 is 0 Å². The predicted octanol–water partition coefficient (Wildman–Crippen LogP) is 0.135. The van der Waals surface area contributed by atoms with Gasteiger partial charge in [0.05, 0.1) is 19.6 Å². The highest BCUT2D eigenvalue weighted by Crippen LogP contribution is 2.17. The van der Waals surface area contributed by atoms with E-state index in [0.29, 0.717) is 0 Å². The van der Waals surface area contributed by atoms with Crippen molar-refractivity contribution < 1.29 is 14.3 Å². The lowest BCUT2D eigenvalue weighted by atomic mass is 9.98. The molecule has 0 saturated carbocycles. The topological polar surface area (TPSA) is 45.2 Å². The normalized spacial score (nSPS) is 25.3. The molecule has 0 aromatic carbocycles. The van der Waals surface area contributed by atoms with Crippen LogP contribution < -0.4 is 0 Å². The highest BCUT2D eigenvalue weighted by molar-refractivity contribution is 5.72. The van der Waals surface area contributed by atoms with Crippen molar-refractivity contribution in [2.24, 2.45) is 5.92 Å². The van der Waals surface area contributed by atoms with Crippen molar-refractivity contribution in [1.82, 2.24) is 14.7 Å². The standard InChI is InChI=1S/C16H31N3O3/c1-21-13-12-18-8-6-17(7-9-18)10-11-19-5-3-4-15(14-19)16(20)22-2/h15H,3-14H2,1-2H3. The molecule has 0 amide bonds. The number of piperidine rings is 1. The van der Waals surface area contributed by atoms with Crippen LogP contribution in [0.3, 0.4) is 0 Å². The maximum Gasteiger partial charge on any atom is 0.309 e. The summed E-state index contributed by atoms with van der Waals surface area (Å²) in [5.74, 6) is 0.0288. The fraction of sp³-hybridized carbons (Fsp3) is 0.938. The fourth-order valence-electron chi connectivity index (χ4n) is 3.36. The zero-order chi connectivity index (χ0) is 15.8. The number of nitrogens with zero attached hydrogens (tertiary/aromatic N) is 3. The zero-order valence-corrected chi connectivity index (χ0v) is 14.1. The van der Waals surface area contributed by atoms with Gasteiger partial charge in [-0.05, 0) is 19.4 Å². The molecular weight excluding hydrogens is 282 g/mol. The molecule has 2 fully saturated rings. The number of carbonyl (C=O) groups is 1. The van der Waals surface area contributed by atoms with Crippen LogP contribution in [0.1, 0.15) is 12.8 Å². The maximum atomic E-state index is 11.7. The lowest BCUT2D eigenvalue weighted by molar-refractivity contribution is -0.147. The van der Waals surface area contributed by atoms with Crippen LogP contribution >= 0.6 is 0 Å². The molecule has 6 nitrogen and oxygen atoms in total. The third-order valence-electron chi connectivity index (χ3n) is 4.85. The zero-order valence-electron chi connectivity index (χ0n) is 14.1. The first-order chi connectivity index (χ1) is 10.7. The fourth-order valence-corrected chi connectivity index (χ4v) is 3.36. The summed E-state index contributed by atoms with van der Waals surface area (Å²) in [6.07, 6.45) is 2.08. The first-order valence-corrected chi connectivity index (χ1v) is 8.46. The lowest BCUT2D eigenvalue weighted by Crippen LogP contribution is -2.50. The second kappa shape index (κ2) is 9.45. The quantitative estimate of drug-likeness (QED) is 0.623. The molecule has 0 aromatic rings. The van der Waals surface area contributed by atoms with Crippen molar-refractivity contribution in [3.05, 3.63) is 0 Å². The van der Waals surface area contributed by atoms with Crippen molar-refractivity contribution in [3.63, 3.8) is 0 Å². The molecule has 0 radical (unpaired) electrons. The molecule has 0 aromatic heterocycles. The minimum atomic E-state index is -0.0449. The molecule has 1 unspecified atom stereocenters. The predicted molar refractivity (Wildman–Crippen MR) is 85.9 cm³/mol. The Bertz CT molecular complexity index is 333. The van der Waals surface area contributed by atoms with Gasteiger partial charge in [0.2, 0.25) is 0 Å². The molecule has 2 aliphatic rings. The van der Waals surface area contributed by atoms with E-state index in [1.165, 1.54) is 7.11 Å². The van der Waals surface area contributed by atoms with Crippen LogP contribution in [0.25, 0.3) is 0 Å². The van der Waals surface area contributed by atoms with Gasteiger partial charge in [-0.25, -0.2) is 0 Å². The number of piperazine rings is 1. The Morgan fingerprint density at radius 2 is 1.59 bits per heavy atom. The molecule has 2 saturated heterocycles. The third-order valence-corrected chi connectivity index (χ3v) is 4.85. The summed E-state index contributed by atoms with van der Waals surface area (Å²) in [4.78, 5) is 19.1. The van der Waals surface area contributed by atoms with Crippen LogP contribution in [-0.2, 0) is 14.3 Å². The van der Waals surface area contributed by atoms with E-state index in [4.69, 9.17) is 9.47 Å². The summed E-state index contributed by atoms with van der Waals surface area (Å²) in [5, 5.41) is 0. The van der Waals surface area contributed by atoms with E-state index in [1.807, 2.05) is 0 Å². The van der Waals surface area contributed by atoms with Gasteiger partial charge in [0.1, 0.15) is 0 Å². The van der Waals surface area contributed by atoms with Gasteiger partial charge < -0.3 is 14.4 Å². The number of methoxy groups -OCH3 is 2. The molecule has 2 aliphatic heterocycles. The average Bonchev–Trinajstić information content (AvgIpc) is 2.58. The number of esters is 1. The molecule has 2 rings (SSSR count). The molecule has 22 heavy (non-hydrogen) atoms. The van der Waals surface area contributed by atoms with Gasteiger partial charge in [0, 0.05) is 59.5 Å². The van der Waals surface area contributed by atoms with E-state index in [1.54, 1.807) is 7.11 Å². The van der Waals surface area contributed by atoms with E-state index < -0.39 is 0 Å². The first kappa shape index (κ1) is 17.7. The summed E-state index contributed by atoms with van der Waals surface area (Å²) in [6.45, 7) is 10.5. The largest absolute Gasteiger partial charge is 0.469 e. The van der Waals surface area contributed by atoms with Crippen LogP contribution in [0.2, 0.25) is 0 Å². The van der Waals surface area contributed by atoms with Crippen molar-refractivity contribution in [2.75, 3.05) is 79.7 Å². The van der Waals surface area contributed by atoms with Crippen LogP contribution in [0.5, 0.6) is 0 Å². The molecular formula is C16H31N3O3. The van der Waals surface area contributed by atoms with Crippen molar-refractivity contribution >= 4 is 5.97 Å². The molecule has 6 heteroatoms. The molecule has 1 atom stereocenters. The summed E-state index contributed by atoms with van der Waals surface area (Å²) < 4.78 is 10.0. The van der Waals surface area contributed by atoms with Gasteiger partial charge in [0.25, 0.3) is 0 Å². The highest BCUT2D eigenvalue weighted by Gasteiger charge is 2.26. The lowest BCUT2D eigenvalue weighted by Gasteiger charge is -2.37. The number of carbonyl (C=O) groups excluding carboxylic acids is 1. The smallest absolute Gasteiger partial charge is 0.309 e. The summed E-state index contributed by atoms with van der Waals surface area (Å²) in [7, 11) is 3.25. The number of ether oxygens (including phenoxy) is 2. The van der Waals surface area contributed by atoms with Crippen LogP contribution in [-0.4, -0.2) is 100 Å². The van der Waals surface area contributed by atoms with Crippen molar-refractivity contribution in [2.45, 2.75) is 12.8 Å². The van der Waals surface area contributed by atoms with Crippen LogP contribution in [0.15, 0.2) is 0 Å². The van der Waals surface area contributed by atoms with E-state index in [2.05, 4.69) is 14.7 Å². The first-order valence-electron chi connectivity index (χ1n) is 8.46. The van der Waals surface area contributed by atoms with E-state index in [9.17, 15) is 4.79 Å². The Kier molecular flexibility index (Phi) is 7.59. The second-order valence-corrected chi connectivity index (χ2v) is 6.34. The summed E-state index contributed by atoms with van der Waals surface area (Å²) in [6, 6.07) is 0. The molecule has 0 N–H and O–H groups in total. The monoisotopic (exact) mass is 313 g/mol. The SMILES string of the molecule is COCCN1CCN(CCN2CCCC(C(=O)OC)C2)CC1. The number of likely N-dealkylation sites (tertiary alicyclic amines) is 1. The van der Waals surface area contributed by atoms with Gasteiger partial charge in [-0.3, -0.25) is 14.6 Å². The Labute approximate surface area is 134 Å². The number of hydrogen-bond donors (Lipinski definition) is 0. The molecule has 128 valence electrons. The molecule has 0 aliphatic carbocycles. The Hall–Kier alpha value is -0.690. The second-order valence-electron chi connectivity index (χ2n) is 6.34. The van der Waals surface area contributed by atoms with Crippen LogP contribution in [0.4, 0.5) is 0 Å². The van der Waals surface area contributed by atoms with Crippen molar-refractivity contribution in [3.8, 4) is 0 Å². The number of hydrogen-bond acceptors (Lipinski definition) is 6. The van der Waals surface area contributed by atoms with Gasteiger partial charge in [-0.2, -0.15) is 0 Å². The van der Waals surface area contributed by atoms with Gasteiger partial charge in [0.15, 0.2) is 0 Å². The van der Waals surface area contributed by atoms with Crippen molar-refractivity contribution in [1.29, 1.82) is 0 Å². The van der Waals surface area contributed by atoms with Gasteiger partial charge in [-0.1, -0.05) is 0 Å². The number of rotatable bonds is 7. The van der Waals surface area contributed by atoms with Crippen LogP contribution in [0, 0.1) is 5.92 Å². The molecule has 2 heterocycles. The minimum Gasteiger partial charge on any atom is -0.469 e. The average molecular weight is 313 g/mol. The Balaban J connectivity index is 1.63. The minimum absolute atomic E-state index is 0.0449. The Morgan fingerprint density at radius 1 is 0.955 bits per heavy atom. The van der Waals surface area contributed by atoms with E-state index in [0.717, 1.165) is 78.4 Å². The molecule has 0 bridgehead atoms. The highest BCUT2D eigenvalue weighted by atomic mass is 16.5. The molecule has 0 spiro atoms. The van der Waals surface area contributed by atoms with E-state index in [-0.39, 0.29) is 11.9 Å².